The Kier molecular flexibility index (Phi) is 8.09. The van der Waals surface area contributed by atoms with E-state index in [4.69, 9.17) is 4.74 Å². The quantitative estimate of drug-likeness (QED) is 0.368. The second-order valence-corrected chi connectivity index (χ2v) is 9.27. The predicted molar refractivity (Wildman–Crippen MR) is 132 cm³/mol. The molecular weight excluding hydrogens is 520 g/mol. The molecule has 3 aromatic rings. The van der Waals surface area contributed by atoms with Crippen LogP contribution >= 0.6 is 0 Å². The van der Waals surface area contributed by atoms with Gasteiger partial charge in [-0.15, -0.1) is 0 Å². The normalized spacial score (nSPS) is 17.1. The van der Waals surface area contributed by atoms with E-state index < -0.39 is 28.9 Å². The fourth-order valence-electron chi connectivity index (χ4n) is 4.09. The van der Waals surface area contributed by atoms with Gasteiger partial charge in [0, 0.05) is 25.5 Å². The molecule has 9 nitrogen and oxygen atoms in total. The van der Waals surface area contributed by atoms with Gasteiger partial charge in [0.1, 0.15) is 11.6 Å². The fourth-order valence-corrected chi connectivity index (χ4v) is 4.09. The summed E-state index contributed by atoms with van der Waals surface area (Å²) in [4.78, 5) is 37.9. The number of aromatic nitrogens is 3. The van der Waals surface area contributed by atoms with E-state index in [1.807, 2.05) is 0 Å². The van der Waals surface area contributed by atoms with Gasteiger partial charge in [-0.3, -0.25) is 14.6 Å². The Balaban J connectivity index is 1.40. The number of ether oxygens (including phenoxy) is 1. The molecule has 13 heteroatoms. The molecule has 1 aliphatic rings. The third kappa shape index (κ3) is 6.66. The van der Waals surface area contributed by atoms with Crippen molar-refractivity contribution in [2.45, 2.75) is 33.0 Å². The molecule has 0 bridgehead atoms. The van der Waals surface area contributed by atoms with Crippen LogP contribution in [0.25, 0.3) is 0 Å². The maximum absolute atomic E-state index is 13.4. The number of alkyl halides is 3. The topological polar surface area (TPSA) is 118 Å². The molecule has 1 aromatic carbocycles. The number of aryl methyl sites for hydroxylation is 2. The molecule has 0 aliphatic carbocycles. The van der Waals surface area contributed by atoms with E-state index in [1.165, 1.54) is 18.6 Å². The minimum Gasteiger partial charge on any atom is -0.380 e. The number of hydrogen-bond acceptors (Lipinski definition) is 7. The maximum atomic E-state index is 13.4. The predicted octanol–water partition coefficient (Wildman–Crippen LogP) is 3.84. The van der Waals surface area contributed by atoms with Crippen LogP contribution in [0.5, 0.6) is 0 Å². The molecule has 2 amide bonds. The van der Waals surface area contributed by atoms with Crippen molar-refractivity contribution in [3.05, 3.63) is 76.9 Å². The smallest absolute Gasteiger partial charge is 0.380 e. The molecule has 3 heterocycles. The summed E-state index contributed by atoms with van der Waals surface area (Å²) in [6.45, 7) is 3.98. The Labute approximate surface area is 221 Å². The van der Waals surface area contributed by atoms with Gasteiger partial charge in [-0.1, -0.05) is 0 Å². The lowest BCUT2D eigenvalue weighted by atomic mass is 9.86. The van der Waals surface area contributed by atoms with Gasteiger partial charge in [0.15, 0.2) is 0 Å². The highest BCUT2D eigenvalue weighted by Crippen LogP contribution is 2.36. The second kappa shape index (κ2) is 11.3. The third-order valence-electron chi connectivity index (χ3n) is 6.38. The third-order valence-corrected chi connectivity index (χ3v) is 6.38. The van der Waals surface area contributed by atoms with Crippen LogP contribution in [0, 0.1) is 25.1 Å². The van der Waals surface area contributed by atoms with Crippen molar-refractivity contribution in [3.63, 3.8) is 0 Å². The summed E-state index contributed by atoms with van der Waals surface area (Å²) < 4.78 is 58.8. The molecule has 4 rings (SSSR count). The molecule has 1 atom stereocenters. The Hall–Kier alpha value is -4.13. The summed E-state index contributed by atoms with van der Waals surface area (Å²) in [5.74, 6) is -1.21. The van der Waals surface area contributed by atoms with Crippen LogP contribution in [0.15, 0.2) is 42.9 Å². The van der Waals surface area contributed by atoms with Crippen LogP contribution < -0.4 is 16.0 Å². The van der Waals surface area contributed by atoms with E-state index in [0.29, 0.717) is 36.2 Å². The van der Waals surface area contributed by atoms with E-state index >= 15 is 0 Å². The second-order valence-electron chi connectivity index (χ2n) is 9.27. The number of halogens is 4. The molecule has 1 aliphatic heterocycles. The number of pyridine rings is 1. The highest BCUT2D eigenvalue weighted by Gasteiger charge is 2.42. The molecule has 2 aromatic heterocycles. The number of rotatable bonds is 8. The first-order chi connectivity index (χ1) is 18.5. The van der Waals surface area contributed by atoms with E-state index in [1.54, 1.807) is 19.9 Å². The molecule has 1 unspecified atom stereocenters. The first-order valence-electron chi connectivity index (χ1n) is 12.0. The van der Waals surface area contributed by atoms with Crippen molar-refractivity contribution in [2.24, 2.45) is 5.41 Å². The minimum atomic E-state index is -4.75. The highest BCUT2D eigenvalue weighted by atomic mass is 19.4. The minimum absolute atomic E-state index is 0.0417. The molecule has 0 spiro atoms. The van der Waals surface area contributed by atoms with Gasteiger partial charge in [0.2, 0.25) is 5.91 Å². The number of carbonyl (C=O) groups is 2. The lowest BCUT2D eigenvalue weighted by molar-refractivity contribution is -0.137. The molecular formula is C26H26F4N6O3. The first kappa shape index (κ1) is 27.9. The van der Waals surface area contributed by atoms with Gasteiger partial charge >= 0.3 is 6.18 Å². The first-order valence-corrected chi connectivity index (χ1v) is 12.0. The van der Waals surface area contributed by atoms with Crippen molar-refractivity contribution in [3.8, 4) is 0 Å². The average molecular weight is 547 g/mol. The maximum Gasteiger partial charge on any atom is 0.418 e. The lowest BCUT2D eigenvalue weighted by Crippen LogP contribution is -2.49. The van der Waals surface area contributed by atoms with E-state index in [2.05, 4.69) is 30.9 Å². The monoisotopic (exact) mass is 546 g/mol. The SMILES string of the molecule is Cc1ncc(C(=O)NCC2(C(=O)NCc3ncc(Nc4ccc(F)cc4C(F)(F)F)cc3C)CCOC2)cn1. The zero-order valence-electron chi connectivity index (χ0n) is 21.2. The summed E-state index contributed by atoms with van der Waals surface area (Å²) in [6, 6.07) is 3.94. The van der Waals surface area contributed by atoms with Gasteiger partial charge < -0.3 is 20.7 Å². The van der Waals surface area contributed by atoms with Crippen LogP contribution in [-0.2, 0) is 22.3 Å². The van der Waals surface area contributed by atoms with Crippen molar-refractivity contribution in [1.29, 1.82) is 0 Å². The summed E-state index contributed by atoms with van der Waals surface area (Å²) in [5, 5.41) is 8.21. The number of nitrogens with one attached hydrogen (secondary N) is 3. The van der Waals surface area contributed by atoms with Crippen LogP contribution in [0.2, 0.25) is 0 Å². The van der Waals surface area contributed by atoms with Gasteiger partial charge in [-0.25, -0.2) is 14.4 Å². The molecule has 39 heavy (non-hydrogen) atoms. The Morgan fingerprint density at radius 1 is 1.05 bits per heavy atom. The van der Waals surface area contributed by atoms with Crippen LogP contribution in [0.4, 0.5) is 28.9 Å². The van der Waals surface area contributed by atoms with E-state index in [9.17, 15) is 27.2 Å². The Morgan fingerprint density at radius 2 is 1.79 bits per heavy atom. The highest BCUT2D eigenvalue weighted by molar-refractivity contribution is 5.94. The zero-order valence-corrected chi connectivity index (χ0v) is 21.2. The molecule has 0 saturated carbocycles. The van der Waals surface area contributed by atoms with Crippen molar-refractivity contribution in [2.75, 3.05) is 25.1 Å². The summed E-state index contributed by atoms with van der Waals surface area (Å²) in [6.07, 6.45) is -0.205. The molecule has 0 radical (unpaired) electrons. The number of nitrogens with zero attached hydrogens (tertiary/aromatic N) is 3. The van der Waals surface area contributed by atoms with Gasteiger partial charge in [-0.05, 0) is 50.1 Å². The molecule has 1 fully saturated rings. The van der Waals surface area contributed by atoms with E-state index in [0.717, 1.165) is 12.1 Å². The number of anilines is 2. The summed E-state index contributed by atoms with van der Waals surface area (Å²) in [5.41, 5.74) is -0.780. The average Bonchev–Trinajstić information content (AvgIpc) is 3.38. The van der Waals surface area contributed by atoms with Gasteiger partial charge in [0.25, 0.3) is 5.91 Å². The summed E-state index contributed by atoms with van der Waals surface area (Å²) in [7, 11) is 0. The van der Waals surface area contributed by atoms with Crippen LogP contribution in [-0.4, -0.2) is 46.5 Å². The van der Waals surface area contributed by atoms with Crippen LogP contribution in [0.1, 0.15) is 39.4 Å². The molecule has 1 saturated heterocycles. The van der Waals surface area contributed by atoms with Crippen molar-refractivity contribution < 1.29 is 31.9 Å². The van der Waals surface area contributed by atoms with E-state index in [-0.39, 0.29) is 42.5 Å². The molecule has 3 N–H and O–H groups in total. The molecule has 206 valence electrons. The number of amides is 2. The number of carbonyl (C=O) groups excluding carboxylic acids is 2. The van der Waals surface area contributed by atoms with Crippen molar-refractivity contribution in [1.82, 2.24) is 25.6 Å². The Bertz CT molecular complexity index is 1360. The fraction of sp³-hybridized carbons (Fsp3) is 0.346. The van der Waals surface area contributed by atoms with Crippen molar-refractivity contribution >= 4 is 23.2 Å². The zero-order chi connectivity index (χ0) is 28.2. The van der Waals surface area contributed by atoms with Crippen LogP contribution in [0.3, 0.4) is 0 Å². The Morgan fingerprint density at radius 3 is 2.44 bits per heavy atom. The largest absolute Gasteiger partial charge is 0.418 e. The number of benzene rings is 1. The summed E-state index contributed by atoms with van der Waals surface area (Å²) >= 11 is 0. The number of hydrogen-bond donors (Lipinski definition) is 3. The lowest BCUT2D eigenvalue weighted by Gasteiger charge is -2.26. The van der Waals surface area contributed by atoms with Gasteiger partial charge in [-0.2, -0.15) is 13.2 Å². The van der Waals surface area contributed by atoms with Gasteiger partial charge in [0.05, 0.1) is 53.0 Å². The standard InChI is InChI=1S/C26H26F4N6O3/c1-15-7-19(36-21-4-3-18(27)8-20(21)26(28,29)30)11-33-22(15)12-34-24(38)25(5-6-39-14-25)13-35-23(37)17-9-31-16(2)32-10-17/h3-4,7-11,36H,5-6,12-14H2,1-2H3,(H,34,38)(H,35,37).